The van der Waals surface area contributed by atoms with Crippen molar-refractivity contribution in [3.05, 3.63) is 35.2 Å². The predicted octanol–water partition coefficient (Wildman–Crippen LogP) is 2.06. The molecular formula is C15H13ClN6O2S2. The Morgan fingerprint density at radius 3 is 2.81 bits per heavy atom. The number of H-pyrrole nitrogens is 1. The van der Waals surface area contributed by atoms with Crippen LogP contribution in [0.5, 0.6) is 0 Å². The molecule has 4 rings (SSSR count). The van der Waals surface area contributed by atoms with Crippen LogP contribution in [0.15, 0.2) is 29.4 Å². The summed E-state index contributed by atoms with van der Waals surface area (Å²) in [6.07, 6.45) is 3.09. The van der Waals surface area contributed by atoms with Crippen molar-refractivity contribution in [2.75, 3.05) is 31.1 Å². The lowest BCUT2D eigenvalue weighted by molar-refractivity contribution is 0.386. The van der Waals surface area contributed by atoms with Gasteiger partial charge in [-0.2, -0.15) is 13.9 Å². The molecule has 3 aromatic rings. The maximum atomic E-state index is 13.0. The van der Waals surface area contributed by atoms with Crippen LogP contribution in [0, 0.1) is 11.3 Å². The van der Waals surface area contributed by atoms with Crippen LogP contribution in [0.2, 0.25) is 5.15 Å². The molecule has 3 aromatic heterocycles. The molecule has 1 aliphatic rings. The largest absolute Gasteiger partial charge is 0.358 e. The molecule has 0 saturated carbocycles. The van der Waals surface area contributed by atoms with Crippen LogP contribution in [-0.2, 0) is 10.0 Å². The van der Waals surface area contributed by atoms with Gasteiger partial charge < -0.3 is 9.88 Å². The Balaban J connectivity index is 1.57. The molecule has 1 saturated heterocycles. The van der Waals surface area contributed by atoms with Gasteiger partial charge in [0, 0.05) is 44.0 Å². The van der Waals surface area contributed by atoms with Gasteiger partial charge in [-0.1, -0.05) is 11.6 Å². The zero-order valence-corrected chi connectivity index (χ0v) is 15.8. The van der Waals surface area contributed by atoms with Gasteiger partial charge in [0.1, 0.15) is 27.2 Å². The maximum Gasteiger partial charge on any atom is 0.245 e. The van der Waals surface area contributed by atoms with E-state index in [4.69, 9.17) is 11.6 Å². The summed E-state index contributed by atoms with van der Waals surface area (Å²) in [5.74, 6) is 0. The number of aromatic amines is 1. The molecule has 0 aromatic carbocycles. The van der Waals surface area contributed by atoms with E-state index in [0.29, 0.717) is 47.8 Å². The minimum absolute atomic E-state index is 0.189. The molecule has 11 heteroatoms. The van der Waals surface area contributed by atoms with Gasteiger partial charge in [0.05, 0.1) is 0 Å². The minimum atomic E-state index is -3.63. The third kappa shape index (κ3) is 2.73. The highest BCUT2D eigenvalue weighted by Gasteiger charge is 2.32. The number of piperazine rings is 1. The summed E-state index contributed by atoms with van der Waals surface area (Å²) in [7, 11) is -3.63. The normalized spacial score (nSPS) is 16.1. The minimum Gasteiger partial charge on any atom is -0.358 e. The number of nitrogens with one attached hydrogen (secondary N) is 1. The summed E-state index contributed by atoms with van der Waals surface area (Å²) < 4.78 is 31.5. The standard InChI is InChI=1S/C15H13ClN6O2S2/c16-13-11(8-17)15(25-20-13)21-4-6-22(7-5-21)26(23,24)12-9-19-14-10(12)2-1-3-18-14/h1-3,9H,4-7H2,(H,18,19). The van der Waals surface area contributed by atoms with Crippen LogP contribution in [0.1, 0.15) is 5.56 Å². The van der Waals surface area contributed by atoms with E-state index < -0.39 is 10.0 Å². The molecule has 4 heterocycles. The van der Waals surface area contributed by atoms with Crippen molar-refractivity contribution < 1.29 is 8.42 Å². The Morgan fingerprint density at radius 1 is 1.31 bits per heavy atom. The van der Waals surface area contributed by atoms with Crippen molar-refractivity contribution in [3.63, 3.8) is 0 Å². The van der Waals surface area contributed by atoms with E-state index in [1.54, 1.807) is 18.3 Å². The second kappa shape index (κ2) is 6.51. The Bertz CT molecular complexity index is 1110. The molecule has 26 heavy (non-hydrogen) atoms. The molecule has 1 fully saturated rings. The number of pyridine rings is 1. The zero-order chi connectivity index (χ0) is 18.3. The summed E-state index contributed by atoms with van der Waals surface area (Å²) in [6, 6.07) is 5.51. The maximum absolute atomic E-state index is 13.0. The number of hydrogen-bond acceptors (Lipinski definition) is 7. The van der Waals surface area contributed by atoms with E-state index in [1.807, 2.05) is 4.90 Å². The molecule has 1 aliphatic heterocycles. The molecule has 0 radical (unpaired) electrons. The van der Waals surface area contributed by atoms with E-state index in [1.165, 1.54) is 10.5 Å². The topological polar surface area (TPSA) is 106 Å². The number of fused-ring (bicyclic) bond motifs is 1. The summed E-state index contributed by atoms with van der Waals surface area (Å²) in [4.78, 5) is 9.22. The Morgan fingerprint density at radius 2 is 2.08 bits per heavy atom. The molecule has 134 valence electrons. The number of anilines is 1. The third-order valence-electron chi connectivity index (χ3n) is 4.30. The van der Waals surface area contributed by atoms with Crippen LogP contribution < -0.4 is 4.90 Å². The van der Waals surface area contributed by atoms with Gasteiger partial charge in [0.2, 0.25) is 10.0 Å². The lowest BCUT2D eigenvalue weighted by atomic mass is 10.3. The fourth-order valence-electron chi connectivity index (χ4n) is 2.99. The van der Waals surface area contributed by atoms with E-state index in [-0.39, 0.29) is 10.0 Å². The summed E-state index contributed by atoms with van der Waals surface area (Å²) in [5, 5.41) is 10.7. The first-order valence-corrected chi connectivity index (χ1v) is 10.3. The highest BCUT2D eigenvalue weighted by molar-refractivity contribution is 7.89. The van der Waals surface area contributed by atoms with Gasteiger partial charge in [-0.25, -0.2) is 13.4 Å². The average molecular weight is 409 g/mol. The number of nitriles is 1. The summed E-state index contributed by atoms with van der Waals surface area (Å²) in [5.41, 5.74) is 0.887. The molecule has 0 amide bonds. The second-order valence-electron chi connectivity index (χ2n) is 5.71. The van der Waals surface area contributed by atoms with Crippen LogP contribution in [0.4, 0.5) is 5.00 Å². The number of rotatable bonds is 3. The van der Waals surface area contributed by atoms with Crippen LogP contribution >= 0.6 is 23.1 Å². The quantitative estimate of drug-likeness (QED) is 0.710. The smallest absolute Gasteiger partial charge is 0.245 e. The predicted molar refractivity (Wildman–Crippen MR) is 98.9 cm³/mol. The van der Waals surface area contributed by atoms with Gasteiger partial charge in [0.15, 0.2) is 5.15 Å². The zero-order valence-electron chi connectivity index (χ0n) is 13.4. The van der Waals surface area contributed by atoms with Gasteiger partial charge in [-0.3, -0.25) is 0 Å². The number of aromatic nitrogens is 3. The van der Waals surface area contributed by atoms with Crippen molar-refractivity contribution in [2.24, 2.45) is 0 Å². The van der Waals surface area contributed by atoms with Crippen LogP contribution in [-0.4, -0.2) is 53.2 Å². The molecule has 0 aliphatic carbocycles. The Hall–Kier alpha value is -2.19. The molecule has 0 bridgehead atoms. The molecule has 1 N–H and O–H groups in total. The molecule has 0 spiro atoms. The van der Waals surface area contributed by atoms with Crippen molar-refractivity contribution >= 4 is 49.2 Å². The summed E-state index contributed by atoms with van der Waals surface area (Å²) in [6.45, 7) is 1.56. The third-order valence-corrected chi connectivity index (χ3v) is 7.52. The first kappa shape index (κ1) is 17.2. The van der Waals surface area contributed by atoms with E-state index in [0.717, 1.165) is 11.5 Å². The van der Waals surface area contributed by atoms with Gasteiger partial charge in [0.25, 0.3) is 0 Å². The van der Waals surface area contributed by atoms with Crippen molar-refractivity contribution in [1.82, 2.24) is 18.6 Å². The first-order valence-electron chi connectivity index (χ1n) is 7.75. The number of halogens is 1. The van der Waals surface area contributed by atoms with E-state index in [9.17, 15) is 13.7 Å². The second-order valence-corrected chi connectivity index (χ2v) is 8.73. The molecular weight excluding hydrogens is 396 g/mol. The van der Waals surface area contributed by atoms with Crippen molar-refractivity contribution in [1.29, 1.82) is 5.26 Å². The van der Waals surface area contributed by atoms with Crippen LogP contribution in [0.25, 0.3) is 11.0 Å². The van der Waals surface area contributed by atoms with Crippen molar-refractivity contribution in [2.45, 2.75) is 4.90 Å². The highest BCUT2D eigenvalue weighted by atomic mass is 35.5. The van der Waals surface area contributed by atoms with Gasteiger partial charge in [-0.05, 0) is 23.7 Å². The fourth-order valence-corrected chi connectivity index (χ4v) is 5.64. The monoisotopic (exact) mass is 408 g/mol. The first-order chi connectivity index (χ1) is 12.5. The Labute approximate surface area is 158 Å². The fraction of sp³-hybridized carbons (Fsp3) is 0.267. The summed E-state index contributed by atoms with van der Waals surface area (Å²) >= 11 is 7.08. The lowest BCUT2D eigenvalue weighted by Crippen LogP contribution is -2.48. The van der Waals surface area contributed by atoms with Crippen LogP contribution in [0.3, 0.4) is 0 Å². The van der Waals surface area contributed by atoms with Crippen molar-refractivity contribution in [3.8, 4) is 6.07 Å². The lowest BCUT2D eigenvalue weighted by Gasteiger charge is -2.34. The average Bonchev–Trinajstić information content (AvgIpc) is 3.25. The number of sulfonamides is 1. The number of nitrogens with zero attached hydrogens (tertiary/aromatic N) is 5. The molecule has 0 atom stereocenters. The highest BCUT2D eigenvalue weighted by Crippen LogP contribution is 2.32. The SMILES string of the molecule is N#Cc1c(Cl)nsc1N1CCN(S(=O)(=O)c2c[nH]c3ncccc23)CC1. The molecule has 0 unspecified atom stereocenters. The number of hydrogen-bond donors (Lipinski definition) is 1. The van der Waals surface area contributed by atoms with Gasteiger partial charge >= 0.3 is 0 Å². The van der Waals surface area contributed by atoms with E-state index >= 15 is 0 Å². The van der Waals surface area contributed by atoms with Gasteiger partial charge in [-0.15, -0.1) is 0 Å². The molecule has 8 nitrogen and oxygen atoms in total. The Kier molecular flexibility index (Phi) is 4.32. The van der Waals surface area contributed by atoms with E-state index in [2.05, 4.69) is 20.4 Å².